The molecule has 0 N–H and O–H groups in total. The molecule has 2 aromatic rings. The molecule has 5 atom stereocenters. The van der Waals surface area contributed by atoms with Gasteiger partial charge in [-0.15, -0.1) is 0 Å². The predicted octanol–water partition coefficient (Wildman–Crippen LogP) is 4.74. The van der Waals surface area contributed by atoms with Crippen LogP contribution in [0.2, 0.25) is 0 Å². The van der Waals surface area contributed by atoms with E-state index in [2.05, 4.69) is 23.6 Å². The molecule has 48 heavy (non-hydrogen) atoms. The van der Waals surface area contributed by atoms with Gasteiger partial charge in [0.25, 0.3) is 0 Å². The first-order chi connectivity index (χ1) is 22.7. The number of piperazine rings is 1. The second-order valence-electron chi connectivity index (χ2n) is 14.4. The van der Waals surface area contributed by atoms with Crippen LogP contribution in [0, 0.1) is 5.82 Å². The largest absolute Gasteiger partial charge is 0.478 e. The average Bonchev–Trinajstić information content (AvgIpc) is 3.00. The number of hydrogen-bond donors (Lipinski definition) is 0. The third-order valence-corrected chi connectivity index (χ3v) is 9.22. The monoisotopic (exact) mass is 669 g/mol. The van der Waals surface area contributed by atoms with Gasteiger partial charge in [0.1, 0.15) is 23.7 Å². The topological polar surface area (TPSA) is 96.9 Å². The Morgan fingerprint density at radius 1 is 0.979 bits per heavy atom. The minimum atomic E-state index is -0.613. The van der Waals surface area contributed by atoms with Crippen LogP contribution in [0.1, 0.15) is 66.5 Å². The maximum Gasteiger partial charge on any atom is 0.410 e. The number of rotatable bonds is 8. The maximum absolute atomic E-state index is 14.4. The molecular weight excluding hydrogens is 617 g/mol. The summed E-state index contributed by atoms with van der Waals surface area (Å²) < 4.78 is 37.1. The van der Waals surface area contributed by atoms with Crippen molar-refractivity contribution in [3.05, 3.63) is 47.3 Å². The van der Waals surface area contributed by atoms with E-state index in [0.717, 1.165) is 11.1 Å². The fraction of sp³-hybridized carbons (Fsp3) is 0.639. The van der Waals surface area contributed by atoms with Crippen molar-refractivity contribution in [2.75, 3.05) is 57.5 Å². The molecule has 5 rings (SSSR count). The number of anilines is 1. The van der Waals surface area contributed by atoms with Crippen LogP contribution >= 0.6 is 0 Å². The quantitative estimate of drug-likeness (QED) is 0.395. The highest BCUT2D eigenvalue weighted by molar-refractivity contribution is 5.97. The first kappa shape index (κ1) is 35.8. The molecule has 2 saturated heterocycles. The Hall–Kier alpha value is -3.48. The third-order valence-electron chi connectivity index (χ3n) is 9.22. The molecule has 11 nitrogen and oxygen atoms in total. The number of amides is 2. The summed E-state index contributed by atoms with van der Waals surface area (Å²) in [6.07, 6.45) is 0.115. The van der Waals surface area contributed by atoms with Crippen molar-refractivity contribution in [1.82, 2.24) is 19.7 Å². The van der Waals surface area contributed by atoms with Gasteiger partial charge >= 0.3 is 6.09 Å². The van der Waals surface area contributed by atoms with Crippen molar-refractivity contribution in [2.24, 2.45) is 0 Å². The van der Waals surface area contributed by atoms with Crippen LogP contribution in [-0.2, 0) is 20.7 Å². The number of carbonyl (C=O) groups excluding carboxylic acids is 2. The van der Waals surface area contributed by atoms with Crippen LogP contribution in [0.15, 0.2) is 30.3 Å². The Bertz CT molecular complexity index is 1430. The molecule has 3 aliphatic rings. The van der Waals surface area contributed by atoms with Gasteiger partial charge in [0.2, 0.25) is 17.7 Å². The lowest BCUT2D eigenvalue weighted by Crippen LogP contribution is -2.65. The SMILES string of the molecule is CCOc1nc2c(cc1Cc1ccc(F)cc1)N(C(=O)CN1C[C@@H](C)N(C(=O)OC(C)(C)C)C[C@@H]1CN1[C@H](C)COC[C@H]1C)[C@@H](C)CO2. The number of fused-ring (bicyclic) bond motifs is 1. The van der Waals surface area contributed by atoms with Crippen LogP contribution in [-0.4, -0.2) is 120 Å². The zero-order chi connectivity index (χ0) is 34.7. The van der Waals surface area contributed by atoms with E-state index in [1.165, 1.54) is 12.1 Å². The first-order valence-electron chi connectivity index (χ1n) is 17.2. The number of benzene rings is 1. The summed E-state index contributed by atoms with van der Waals surface area (Å²) in [5, 5.41) is 0. The van der Waals surface area contributed by atoms with Gasteiger partial charge in [0.05, 0.1) is 32.4 Å². The van der Waals surface area contributed by atoms with Crippen molar-refractivity contribution in [1.29, 1.82) is 0 Å². The highest BCUT2D eigenvalue weighted by Gasteiger charge is 2.41. The summed E-state index contributed by atoms with van der Waals surface area (Å²) in [7, 11) is 0. The van der Waals surface area contributed by atoms with E-state index < -0.39 is 5.60 Å². The summed E-state index contributed by atoms with van der Waals surface area (Å²) in [6, 6.07) is 8.17. The van der Waals surface area contributed by atoms with Crippen molar-refractivity contribution in [2.45, 2.75) is 97.6 Å². The maximum atomic E-state index is 14.4. The van der Waals surface area contributed by atoms with Crippen LogP contribution in [0.4, 0.5) is 14.9 Å². The molecule has 0 unspecified atom stereocenters. The number of aromatic nitrogens is 1. The van der Waals surface area contributed by atoms with E-state index in [4.69, 9.17) is 23.9 Å². The van der Waals surface area contributed by atoms with Gasteiger partial charge < -0.3 is 28.7 Å². The first-order valence-corrected chi connectivity index (χ1v) is 17.2. The van der Waals surface area contributed by atoms with Crippen LogP contribution < -0.4 is 14.4 Å². The van der Waals surface area contributed by atoms with Gasteiger partial charge in [-0.3, -0.25) is 14.6 Å². The van der Waals surface area contributed by atoms with Crippen molar-refractivity contribution >= 4 is 17.7 Å². The van der Waals surface area contributed by atoms with Crippen LogP contribution in [0.5, 0.6) is 11.8 Å². The van der Waals surface area contributed by atoms with Gasteiger partial charge in [0, 0.05) is 55.8 Å². The van der Waals surface area contributed by atoms with E-state index in [-0.39, 0.29) is 54.6 Å². The number of halogens is 1. The molecule has 264 valence electrons. The van der Waals surface area contributed by atoms with Gasteiger partial charge in [-0.1, -0.05) is 12.1 Å². The lowest BCUT2D eigenvalue weighted by molar-refractivity contribution is -0.123. The lowest BCUT2D eigenvalue weighted by Gasteiger charge is -2.49. The van der Waals surface area contributed by atoms with Crippen molar-refractivity contribution < 1.29 is 32.9 Å². The second kappa shape index (κ2) is 15.0. The smallest absolute Gasteiger partial charge is 0.410 e. The minimum absolute atomic E-state index is 0.0725. The molecule has 12 heteroatoms. The zero-order valence-electron chi connectivity index (χ0n) is 29.7. The summed E-state index contributed by atoms with van der Waals surface area (Å²) >= 11 is 0. The summed E-state index contributed by atoms with van der Waals surface area (Å²) in [6.45, 7) is 19.6. The normalized spacial score (nSPS) is 25.3. The molecule has 0 spiro atoms. The predicted molar refractivity (Wildman–Crippen MR) is 181 cm³/mol. The van der Waals surface area contributed by atoms with Gasteiger partial charge in [-0.25, -0.2) is 9.18 Å². The van der Waals surface area contributed by atoms with E-state index in [1.807, 2.05) is 47.6 Å². The molecule has 2 amide bonds. The second-order valence-corrected chi connectivity index (χ2v) is 14.4. The minimum Gasteiger partial charge on any atom is -0.478 e. The molecule has 3 aliphatic heterocycles. The van der Waals surface area contributed by atoms with Gasteiger partial charge in [-0.05, 0) is 79.2 Å². The zero-order valence-corrected chi connectivity index (χ0v) is 29.7. The lowest BCUT2D eigenvalue weighted by atomic mass is 10.0. The fourth-order valence-electron chi connectivity index (χ4n) is 6.83. The molecule has 0 radical (unpaired) electrons. The summed E-state index contributed by atoms with van der Waals surface area (Å²) in [5.41, 5.74) is 1.66. The molecule has 1 aromatic heterocycles. The Balaban J connectivity index is 1.42. The Labute approximate surface area is 284 Å². The molecule has 1 aromatic carbocycles. The van der Waals surface area contributed by atoms with Gasteiger partial charge in [0.15, 0.2) is 0 Å². The van der Waals surface area contributed by atoms with Crippen LogP contribution in [0.25, 0.3) is 0 Å². The molecular formula is C36H52FN5O6. The number of ether oxygens (including phenoxy) is 4. The molecule has 4 heterocycles. The van der Waals surface area contributed by atoms with E-state index in [9.17, 15) is 14.0 Å². The number of pyridine rings is 1. The fourth-order valence-corrected chi connectivity index (χ4v) is 6.83. The number of nitrogens with zero attached hydrogens (tertiary/aromatic N) is 5. The van der Waals surface area contributed by atoms with E-state index in [0.29, 0.717) is 69.9 Å². The Morgan fingerprint density at radius 2 is 1.67 bits per heavy atom. The molecule has 2 fully saturated rings. The molecule has 0 bridgehead atoms. The van der Waals surface area contributed by atoms with Crippen LogP contribution in [0.3, 0.4) is 0 Å². The van der Waals surface area contributed by atoms with Crippen molar-refractivity contribution in [3.8, 4) is 11.8 Å². The van der Waals surface area contributed by atoms with Gasteiger partial charge in [-0.2, -0.15) is 4.98 Å². The molecule has 0 saturated carbocycles. The summed E-state index contributed by atoms with van der Waals surface area (Å²) in [5.74, 6) is 0.409. The molecule has 0 aliphatic carbocycles. The van der Waals surface area contributed by atoms with Crippen molar-refractivity contribution in [3.63, 3.8) is 0 Å². The highest BCUT2D eigenvalue weighted by Crippen LogP contribution is 2.38. The third kappa shape index (κ3) is 8.38. The number of carbonyl (C=O) groups is 2. The average molecular weight is 670 g/mol. The Morgan fingerprint density at radius 3 is 2.31 bits per heavy atom. The highest BCUT2D eigenvalue weighted by atomic mass is 19.1. The Kier molecular flexibility index (Phi) is 11.2. The van der Waals surface area contributed by atoms with E-state index >= 15 is 0 Å². The standard InChI is InChI=1S/C36H52FN5O6/c1-9-46-33-28(14-27-10-12-29(37)13-11-27)15-31-34(38-33)47-22-26(5)42(31)32(43)19-39-16-23(2)41(35(44)48-36(6,7)8)18-30(39)17-40-24(3)20-45-21-25(40)4/h10-13,15,23-26,30H,9,14,16-22H2,1-8H3/t23-,24-,25-,26+,30+/m1/s1. The number of hydrogen-bond acceptors (Lipinski definition) is 9. The number of morpholine rings is 1. The van der Waals surface area contributed by atoms with E-state index in [1.54, 1.807) is 21.9 Å². The summed E-state index contributed by atoms with van der Waals surface area (Å²) in [4.78, 5) is 40.7.